The molecule has 0 saturated carbocycles. The molecule has 0 aliphatic heterocycles. The topological polar surface area (TPSA) is 104 Å². The number of nitrogens with one attached hydrogen (secondary N) is 1. The maximum atomic E-state index is 13.5. The third-order valence-electron chi connectivity index (χ3n) is 5.19. The number of halogens is 2. The van der Waals surface area contributed by atoms with Crippen molar-refractivity contribution in [2.75, 3.05) is 24.2 Å². The van der Waals surface area contributed by atoms with Crippen LogP contribution in [0.3, 0.4) is 0 Å². The smallest absolute Gasteiger partial charge is 0.244 e. The van der Waals surface area contributed by atoms with Crippen LogP contribution in [0.1, 0.15) is 36.2 Å². The first-order chi connectivity index (χ1) is 15.9. The number of sulfonamides is 1. The Morgan fingerprint density at radius 1 is 1.06 bits per heavy atom. The number of nitrogens with zero attached hydrogens (tertiary/aromatic N) is 2. The van der Waals surface area contributed by atoms with Crippen LogP contribution >= 0.6 is 23.2 Å². The molecule has 0 radical (unpaired) electrons. The van der Waals surface area contributed by atoms with E-state index in [2.05, 4.69) is 5.32 Å². The quantitative estimate of drug-likeness (QED) is 0.476. The Balaban J connectivity index is 2.48. The normalized spacial score (nSPS) is 12.1. The minimum Gasteiger partial charge on any atom is -0.357 e. The summed E-state index contributed by atoms with van der Waals surface area (Å²) in [5.41, 5.74) is 1.10. The van der Waals surface area contributed by atoms with Crippen molar-refractivity contribution < 1.29 is 22.8 Å². The molecule has 0 unspecified atom stereocenters. The molecule has 11 heteroatoms. The summed E-state index contributed by atoms with van der Waals surface area (Å²) in [7, 11) is -2.44. The molecular formula is C23H27Cl2N3O5S. The van der Waals surface area contributed by atoms with Crippen LogP contribution in [0.4, 0.5) is 5.69 Å². The fourth-order valence-corrected chi connectivity index (χ4v) is 4.58. The predicted octanol–water partition coefficient (Wildman–Crippen LogP) is 3.52. The number of rotatable bonds is 10. The molecule has 0 saturated heterocycles. The van der Waals surface area contributed by atoms with Crippen molar-refractivity contribution in [3.8, 4) is 0 Å². The zero-order valence-corrected chi connectivity index (χ0v) is 21.7. The van der Waals surface area contributed by atoms with Crippen LogP contribution in [0.25, 0.3) is 0 Å². The average molecular weight is 528 g/mol. The van der Waals surface area contributed by atoms with Crippen molar-refractivity contribution in [2.45, 2.75) is 32.9 Å². The van der Waals surface area contributed by atoms with Crippen LogP contribution < -0.4 is 9.62 Å². The van der Waals surface area contributed by atoms with Crippen LogP contribution in [0, 0.1) is 0 Å². The minimum absolute atomic E-state index is 0.00668. The standard InChI is InChI=1S/C23H27Cl2N3O5S/c1-5-21(23(31)26-3)27(13-16-9-10-19(24)20(25)11-16)22(30)14-28(34(4,32)33)18-8-6-7-17(12-18)15(2)29/h6-12,21H,5,13-14H2,1-4H3,(H,26,31)/t21-/m0/s1. The first kappa shape index (κ1) is 27.6. The second-order valence-corrected chi connectivity index (χ2v) is 10.4. The maximum absolute atomic E-state index is 13.5. The van der Waals surface area contributed by atoms with E-state index in [1.165, 1.54) is 31.0 Å². The molecule has 2 aromatic rings. The molecule has 0 spiro atoms. The summed E-state index contributed by atoms with van der Waals surface area (Å²) in [6, 6.07) is 10.0. The van der Waals surface area contributed by atoms with Crippen molar-refractivity contribution >= 4 is 56.5 Å². The molecule has 0 heterocycles. The molecule has 1 N–H and O–H groups in total. The van der Waals surface area contributed by atoms with Gasteiger partial charge in [-0.2, -0.15) is 0 Å². The molecule has 184 valence electrons. The number of benzene rings is 2. The van der Waals surface area contributed by atoms with Gasteiger partial charge in [-0.1, -0.05) is 48.3 Å². The number of ketones is 1. The van der Waals surface area contributed by atoms with Gasteiger partial charge in [-0.05, 0) is 43.2 Å². The highest BCUT2D eigenvalue weighted by atomic mass is 35.5. The SMILES string of the molecule is CC[C@@H](C(=O)NC)N(Cc1ccc(Cl)c(Cl)c1)C(=O)CN(c1cccc(C(C)=O)c1)S(C)(=O)=O. The van der Waals surface area contributed by atoms with E-state index in [0.717, 1.165) is 10.6 Å². The fraction of sp³-hybridized carbons (Fsp3) is 0.348. The minimum atomic E-state index is -3.90. The number of hydrogen-bond acceptors (Lipinski definition) is 5. The van der Waals surface area contributed by atoms with Gasteiger partial charge in [0.2, 0.25) is 21.8 Å². The summed E-state index contributed by atoms with van der Waals surface area (Å²) in [5.74, 6) is -1.23. The molecule has 2 amide bonds. The molecule has 0 aliphatic rings. The Labute approximate surface area is 209 Å². The van der Waals surface area contributed by atoms with Gasteiger partial charge in [-0.3, -0.25) is 18.7 Å². The van der Waals surface area contributed by atoms with Gasteiger partial charge in [0.15, 0.2) is 5.78 Å². The van der Waals surface area contributed by atoms with Crippen molar-refractivity contribution in [3.05, 3.63) is 63.6 Å². The Kier molecular flexibility index (Phi) is 9.49. The highest BCUT2D eigenvalue weighted by molar-refractivity contribution is 7.92. The second-order valence-electron chi connectivity index (χ2n) is 7.68. The number of carbonyl (C=O) groups excluding carboxylic acids is 3. The van der Waals surface area contributed by atoms with E-state index in [-0.39, 0.29) is 23.9 Å². The Morgan fingerprint density at radius 2 is 1.74 bits per heavy atom. The van der Waals surface area contributed by atoms with Crippen molar-refractivity contribution in [2.24, 2.45) is 0 Å². The van der Waals surface area contributed by atoms with Gasteiger partial charge in [-0.15, -0.1) is 0 Å². The first-order valence-electron chi connectivity index (χ1n) is 10.4. The van der Waals surface area contributed by atoms with Gasteiger partial charge in [0.1, 0.15) is 12.6 Å². The summed E-state index contributed by atoms with van der Waals surface area (Å²) in [6.45, 7) is 2.56. The molecule has 0 bridgehead atoms. The third-order valence-corrected chi connectivity index (χ3v) is 7.07. The largest absolute Gasteiger partial charge is 0.357 e. The molecule has 1 atom stereocenters. The monoisotopic (exact) mass is 527 g/mol. The lowest BCUT2D eigenvalue weighted by Crippen LogP contribution is -2.51. The molecule has 0 fully saturated rings. The van der Waals surface area contributed by atoms with Gasteiger partial charge in [0.05, 0.1) is 22.0 Å². The van der Waals surface area contributed by atoms with Crippen molar-refractivity contribution in [1.29, 1.82) is 0 Å². The Morgan fingerprint density at radius 3 is 2.26 bits per heavy atom. The van der Waals surface area contributed by atoms with Gasteiger partial charge in [0.25, 0.3) is 0 Å². The zero-order chi connectivity index (χ0) is 25.6. The van der Waals surface area contributed by atoms with Crippen LogP contribution in [0.15, 0.2) is 42.5 Å². The van der Waals surface area contributed by atoms with Gasteiger partial charge in [0, 0.05) is 19.2 Å². The molecular weight excluding hydrogens is 501 g/mol. The van der Waals surface area contributed by atoms with E-state index in [4.69, 9.17) is 23.2 Å². The first-order valence-corrected chi connectivity index (χ1v) is 13.0. The number of Topliss-reactive ketones (excluding diaryl/α,β-unsaturated/α-hetero) is 1. The number of hydrogen-bond donors (Lipinski definition) is 1. The molecule has 8 nitrogen and oxygen atoms in total. The Bertz CT molecular complexity index is 1190. The molecule has 0 aromatic heterocycles. The van der Waals surface area contributed by atoms with E-state index in [1.54, 1.807) is 37.3 Å². The van der Waals surface area contributed by atoms with Crippen LogP contribution in [0.2, 0.25) is 10.0 Å². The molecule has 2 rings (SSSR count). The number of amides is 2. The van der Waals surface area contributed by atoms with E-state index in [1.807, 2.05) is 0 Å². The third kappa shape index (κ3) is 6.94. The summed E-state index contributed by atoms with van der Waals surface area (Å²) in [6.07, 6.45) is 1.27. The van der Waals surface area contributed by atoms with E-state index in [0.29, 0.717) is 27.6 Å². The number of anilines is 1. The molecule has 0 aliphatic carbocycles. The van der Waals surface area contributed by atoms with Gasteiger partial charge < -0.3 is 10.2 Å². The van der Waals surface area contributed by atoms with Crippen LogP contribution in [-0.2, 0) is 26.2 Å². The summed E-state index contributed by atoms with van der Waals surface area (Å²) in [4.78, 5) is 39.1. The van der Waals surface area contributed by atoms with Crippen LogP contribution in [0.5, 0.6) is 0 Å². The highest BCUT2D eigenvalue weighted by Crippen LogP contribution is 2.25. The highest BCUT2D eigenvalue weighted by Gasteiger charge is 2.31. The second kappa shape index (κ2) is 11.7. The average Bonchev–Trinajstić information content (AvgIpc) is 2.78. The lowest BCUT2D eigenvalue weighted by Gasteiger charge is -2.32. The zero-order valence-electron chi connectivity index (χ0n) is 19.3. The van der Waals surface area contributed by atoms with Gasteiger partial charge >= 0.3 is 0 Å². The van der Waals surface area contributed by atoms with E-state index >= 15 is 0 Å². The van der Waals surface area contributed by atoms with E-state index < -0.39 is 28.5 Å². The van der Waals surface area contributed by atoms with Crippen molar-refractivity contribution in [3.63, 3.8) is 0 Å². The van der Waals surface area contributed by atoms with E-state index in [9.17, 15) is 22.8 Å². The van der Waals surface area contributed by atoms with Gasteiger partial charge in [-0.25, -0.2) is 8.42 Å². The lowest BCUT2D eigenvalue weighted by molar-refractivity contribution is -0.140. The van der Waals surface area contributed by atoms with Crippen molar-refractivity contribution in [1.82, 2.24) is 10.2 Å². The molecule has 34 heavy (non-hydrogen) atoms. The molecule has 2 aromatic carbocycles. The maximum Gasteiger partial charge on any atom is 0.244 e. The number of carbonyl (C=O) groups is 3. The Hall–Kier alpha value is -2.62. The summed E-state index contributed by atoms with van der Waals surface area (Å²) in [5, 5.41) is 3.18. The van der Waals surface area contributed by atoms with Crippen LogP contribution in [-0.4, -0.2) is 56.8 Å². The lowest BCUT2D eigenvalue weighted by atomic mass is 10.1. The fourth-order valence-electron chi connectivity index (χ4n) is 3.41. The summed E-state index contributed by atoms with van der Waals surface area (Å²) >= 11 is 12.1. The number of likely N-dealkylation sites (N-methyl/N-ethyl adjacent to an activating group) is 1. The summed E-state index contributed by atoms with van der Waals surface area (Å²) < 4.78 is 26.1. The predicted molar refractivity (Wildman–Crippen MR) is 134 cm³/mol.